The molecule has 2 aromatic rings. The lowest BCUT2D eigenvalue weighted by Crippen LogP contribution is -3.13. The lowest BCUT2D eigenvalue weighted by Gasteiger charge is -2.30. The quantitative estimate of drug-likeness (QED) is 0.730. The van der Waals surface area contributed by atoms with Crippen molar-refractivity contribution in [3.8, 4) is 0 Å². The summed E-state index contributed by atoms with van der Waals surface area (Å²) in [5.74, 6) is 1.04. The molecule has 3 N–H and O–H groups in total. The number of benzene rings is 1. The average Bonchev–Trinajstić information content (AvgIpc) is 3.10. The Bertz CT molecular complexity index is 650. The minimum absolute atomic E-state index is 0.303. The largest absolute Gasteiger partial charge is 0.463 e. The molecule has 0 saturated carbocycles. The fourth-order valence-electron chi connectivity index (χ4n) is 3.38. The summed E-state index contributed by atoms with van der Waals surface area (Å²) < 4.78 is 5.69. The molecule has 0 aliphatic carbocycles. The molecule has 1 fully saturated rings. The maximum Gasteiger partial charge on any atom is 0.171 e. The highest BCUT2D eigenvalue weighted by Crippen LogP contribution is 2.12. The third-order valence-electron chi connectivity index (χ3n) is 4.62. The Morgan fingerprint density at radius 2 is 2.04 bits per heavy atom. The van der Waals surface area contributed by atoms with Crippen molar-refractivity contribution in [1.29, 1.82) is 0 Å². The van der Waals surface area contributed by atoms with Crippen molar-refractivity contribution in [3.05, 3.63) is 54.0 Å². The summed E-state index contributed by atoms with van der Waals surface area (Å²) in [4.78, 5) is 1.59. The van der Waals surface area contributed by atoms with E-state index in [0.717, 1.165) is 18.0 Å². The van der Waals surface area contributed by atoms with Crippen LogP contribution in [0.1, 0.15) is 36.6 Å². The molecule has 128 valence electrons. The molecule has 1 aliphatic heterocycles. The molecule has 0 bridgehead atoms. The van der Waals surface area contributed by atoms with Crippen molar-refractivity contribution in [1.82, 2.24) is 5.32 Å². The number of nitrogens with one attached hydrogen (secondary N) is 3. The van der Waals surface area contributed by atoms with E-state index in [4.69, 9.17) is 16.6 Å². The van der Waals surface area contributed by atoms with E-state index in [1.165, 1.54) is 37.9 Å². The zero-order chi connectivity index (χ0) is 16.8. The molecule has 0 spiro atoms. The summed E-state index contributed by atoms with van der Waals surface area (Å²) >= 11 is 5.47. The Kier molecular flexibility index (Phi) is 5.88. The van der Waals surface area contributed by atoms with Gasteiger partial charge in [0.2, 0.25) is 0 Å². The molecule has 5 heteroatoms. The van der Waals surface area contributed by atoms with Gasteiger partial charge in [-0.25, -0.2) is 0 Å². The van der Waals surface area contributed by atoms with Gasteiger partial charge in [-0.3, -0.25) is 0 Å². The van der Waals surface area contributed by atoms with Crippen molar-refractivity contribution in [2.75, 3.05) is 25.0 Å². The predicted octanol–water partition coefficient (Wildman–Crippen LogP) is 2.68. The summed E-state index contributed by atoms with van der Waals surface area (Å²) in [6.45, 7) is 5.26. The fraction of sp³-hybridized carbons (Fsp3) is 0.421. The molecule has 0 unspecified atom stereocenters. The molecule has 3 rings (SSSR count). The van der Waals surface area contributed by atoms with E-state index >= 15 is 0 Å². The molecular weight excluding hydrogens is 318 g/mol. The fourth-order valence-corrected chi connectivity index (χ4v) is 3.58. The molecule has 1 saturated heterocycles. The van der Waals surface area contributed by atoms with Gasteiger partial charge in [0.15, 0.2) is 16.9 Å². The van der Waals surface area contributed by atoms with E-state index in [0.29, 0.717) is 11.2 Å². The van der Waals surface area contributed by atoms with Crippen molar-refractivity contribution < 1.29 is 9.32 Å². The summed E-state index contributed by atoms with van der Waals surface area (Å²) in [7, 11) is 0. The third kappa shape index (κ3) is 4.58. The molecule has 2 heterocycles. The molecule has 0 amide bonds. The Hall–Kier alpha value is -1.85. The van der Waals surface area contributed by atoms with Gasteiger partial charge in [-0.1, -0.05) is 12.1 Å². The van der Waals surface area contributed by atoms with Crippen molar-refractivity contribution in [3.63, 3.8) is 0 Å². The van der Waals surface area contributed by atoms with Crippen LogP contribution in [0.25, 0.3) is 0 Å². The predicted molar refractivity (Wildman–Crippen MR) is 101 cm³/mol. The number of anilines is 1. The minimum atomic E-state index is 0.303. The molecule has 4 nitrogen and oxygen atoms in total. The zero-order valence-corrected chi connectivity index (χ0v) is 15.0. The zero-order valence-electron chi connectivity index (χ0n) is 14.2. The van der Waals surface area contributed by atoms with E-state index in [9.17, 15) is 0 Å². The van der Waals surface area contributed by atoms with Gasteiger partial charge in [-0.05, 0) is 68.2 Å². The number of aryl methyl sites for hydroxylation is 1. The van der Waals surface area contributed by atoms with Gasteiger partial charge in [0.25, 0.3) is 0 Å². The maximum atomic E-state index is 5.69. The topological polar surface area (TPSA) is 41.6 Å². The maximum absolute atomic E-state index is 5.69. The van der Waals surface area contributed by atoms with Crippen molar-refractivity contribution >= 4 is 23.0 Å². The second-order valence-corrected chi connectivity index (χ2v) is 6.90. The summed E-state index contributed by atoms with van der Waals surface area (Å²) in [6.07, 6.45) is 5.68. The lowest BCUT2D eigenvalue weighted by molar-refractivity contribution is -0.936. The first-order valence-electron chi connectivity index (χ1n) is 8.72. The highest BCUT2D eigenvalue weighted by atomic mass is 32.1. The van der Waals surface area contributed by atoms with Gasteiger partial charge < -0.3 is 20.0 Å². The standard InChI is InChI=1S/C19H25N3OS/c1-15-7-5-8-16(13-15)21-19(24)20-14-17(18-9-6-12-23-18)22-10-3-2-4-11-22/h5-9,12-13,17H,2-4,10-11,14H2,1H3,(H2,20,21,24)/p+1/t17-/m1/s1. The first-order chi connectivity index (χ1) is 11.7. The number of likely N-dealkylation sites (tertiary alicyclic amines) is 1. The summed E-state index contributed by atoms with van der Waals surface area (Å²) in [5, 5.41) is 7.30. The SMILES string of the molecule is Cc1cccc(NC(=S)NC[C@H](c2ccco2)[NH+]2CCCCC2)c1. The van der Waals surface area contributed by atoms with Gasteiger partial charge in [-0.2, -0.15) is 0 Å². The van der Waals surface area contributed by atoms with Crippen LogP contribution in [0, 0.1) is 6.92 Å². The second-order valence-electron chi connectivity index (χ2n) is 6.49. The van der Waals surface area contributed by atoms with Gasteiger partial charge >= 0.3 is 0 Å². The highest BCUT2D eigenvalue weighted by molar-refractivity contribution is 7.80. The van der Waals surface area contributed by atoms with Gasteiger partial charge in [-0.15, -0.1) is 0 Å². The van der Waals surface area contributed by atoms with Crippen LogP contribution < -0.4 is 15.5 Å². The van der Waals surface area contributed by atoms with Gasteiger partial charge in [0, 0.05) is 5.69 Å². The van der Waals surface area contributed by atoms with Crippen LogP contribution in [-0.4, -0.2) is 24.7 Å². The van der Waals surface area contributed by atoms with E-state index in [-0.39, 0.29) is 0 Å². The molecule has 1 atom stereocenters. The van der Waals surface area contributed by atoms with E-state index in [2.05, 4.69) is 35.8 Å². The normalized spacial score (nSPS) is 16.5. The number of rotatable bonds is 5. The Morgan fingerprint density at radius 1 is 1.21 bits per heavy atom. The van der Waals surface area contributed by atoms with E-state index < -0.39 is 0 Å². The highest BCUT2D eigenvalue weighted by Gasteiger charge is 2.28. The molecule has 1 aromatic heterocycles. The first kappa shape index (κ1) is 17.0. The number of hydrogen-bond donors (Lipinski definition) is 3. The molecular formula is C19H26N3OS+. The third-order valence-corrected chi connectivity index (χ3v) is 4.86. The van der Waals surface area contributed by atoms with Crippen LogP contribution in [-0.2, 0) is 0 Å². The van der Waals surface area contributed by atoms with Crippen LogP contribution in [0.2, 0.25) is 0 Å². The number of hydrogen-bond acceptors (Lipinski definition) is 2. The number of thiocarbonyl (C=S) groups is 1. The Labute approximate surface area is 149 Å². The van der Waals surface area contributed by atoms with Crippen LogP contribution >= 0.6 is 12.2 Å². The first-order valence-corrected chi connectivity index (χ1v) is 9.13. The second kappa shape index (κ2) is 8.31. The van der Waals surface area contributed by atoms with Gasteiger partial charge in [0.1, 0.15) is 0 Å². The average molecular weight is 345 g/mol. The monoisotopic (exact) mass is 344 g/mol. The molecule has 1 aromatic carbocycles. The summed E-state index contributed by atoms with van der Waals surface area (Å²) in [5.41, 5.74) is 2.24. The van der Waals surface area contributed by atoms with Crippen molar-refractivity contribution in [2.24, 2.45) is 0 Å². The number of furan rings is 1. The van der Waals surface area contributed by atoms with E-state index in [1.807, 2.05) is 18.2 Å². The smallest absolute Gasteiger partial charge is 0.171 e. The lowest BCUT2D eigenvalue weighted by atomic mass is 10.1. The minimum Gasteiger partial charge on any atom is -0.463 e. The Morgan fingerprint density at radius 3 is 2.75 bits per heavy atom. The molecule has 0 radical (unpaired) electrons. The Balaban J connectivity index is 1.59. The van der Waals surface area contributed by atoms with Gasteiger partial charge in [0.05, 0.1) is 25.9 Å². The number of piperidine rings is 1. The van der Waals surface area contributed by atoms with Crippen LogP contribution in [0.15, 0.2) is 47.1 Å². The summed E-state index contributed by atoms with van der Waals surface area (Å²) in [6, 6.07) is 12.6. The molecule has 1 aliphatic rings. The number of quaternary nitrogens is 1. The van der Waals surface area contributed by atoms with Crippen molar-refractivity contribution in [2.45, 2.75) is 32.2 Å². The van der Waals surface area contributed by atoms with Crippen LogP contribution in [0.3, 0.4) is 0 Å². The van der Waals surface area contributed by atoms with E-state index in [1.54, 1.807) is 11.2 Å². The molecule has 24 heavy (non-hydrogen) atoms. The van der Waals surface area contributed by atoms with Crippen LogP contribution in [0.4, 0.5) is 5.69 Å². The van der Waals surface area contributed by atoms with Crippen LogP contribution in [0.5, 0.6) is 0 Å².